The predicted octanol–water partition coefficient (Wildman–Crippen LogP) is 0.136. The van der Waals surface area contributed by atoms with Crippen molar-refractivity contribution in [1.29, 1.82) is 0 Å². The summed E-state index contributed by atoms with van der Waals surface area (Å²) in [5.41, 5.74) is 0. The van der Waals surface area contributed by atoms with Gasteiger partial charge in [-0.05, 0) is 12.8 Å². The van der Waals surface area contributed by atoms with Gasteiger partial charge in [0.25, 0.3) is 0 Å². The van der Waals surface area contributed by atoms with Crippen molar-refractivity contribution in [3.63, 3.8) is 0 Å². The van der Waals surface area contributed by atoms with Crippen LogP contribution in [0.1, 0.15) is 19.8 Å². The van der Waals surface area contributed by atoms with Crippen molar-refractivity contribution in [3.8, 4) is 0 Å². The molecule has 2 atom stereocenters. The fourth-order valence-electron chi connectivity index (χ4n) is 1.51. The molecule has 0 saturated heterocycles. The number of carboxylic acids is 1. The van der Waals surface area contributed by atoms with Gasteiger partial charge in [0.05, 0.1) is 25.2 Å². The van der Waals surface area contributed by atoms with Crippen molar-refractivity contribution in [3.05, 3.63) is 0 Å². The van der Waals surface area contributed by atoms with Crippen LogP contribution in [0.5, 0.6) is 0 Å². The van der Waals surface area contributed by atoms with Crippen LogP contribution >= 0.6 is 0 Å². The molecule has 19 heavy (non-hydrogen) atoms. The Hall–Kier alpha value is -1.34. The monoisotopic (exact) mass is 276 g/mol. The van der Waals surface area contributed by atoms with Crippen molar-refractivity contribution < 1.29 is 24.5 Å². The number of aliphatic carboxylic acids is 1. The number of nitrogens with one attached hydrogen (secondary N) is 1. The Bertz CT molecular complexity index is 285. The first-order valence-electron chi connectivity index (χ1n) is 6.27. The molecule has 3 N–H and O–H groups in total. The zero-order chi connectivity index (χ0) is 14.8. The van der Waals surface area contributed by atoms with Crippen molar-refractivity contribution >= 4 is 12.0 Å². The summed E-state index contributed by atoms with van der Waals surface area (Å²) >= 11 is 0. The molecule has 0 bridgehead atoms. The number of hydrogen-bond acceptors (Lipinski definition) is 4. The third-order valence-electron chi connectivity index (χ3n) is 2.70. The number of aliphatic hydroxyl groups excluding tert-OH is 1. The first-order valence-corrected chi connectivity index (χ1v) is 6.27. The number of ether oxygens (including phenoxy) is 1. The van der Waals surface area contributed by atoms with Crippen LogP contribution in [0.15, 0.2) is 0 Å². The van der Waals surface area contributed by atoms with Crippen LogP contribution in [0, 0.1) is 5.92 Å². The lowest BCUT2D eigenvalue weighted by atomic mass is 10.1. The maximum absolute atomic E-state index is 11.6. The van der Waals surface area contributed by atoms with Crippen molar-refractivity contribution in [2.45, 2.75) is 25.9 Å². The number of amides is 2. The van der Waals surface area contributed by atoms with E-state index in [-0.39, 0.29) is 19.2 Å². The molecule has 0 saturated carbocycles. The second-order valence-corrected chi connectivity index (χ2v) is 4.60. The minimum Gasteiger partial charge on any atom is -0.481 e. The molecular weight excluding hydrogens is 252 g/mol. The van der Waals surface area contributed by atoms with Crippen molar-refractivity contribution in [2.24, 2.45) is 5.92 Å². The lowest BCUT2D eigenvalue weighted by Crippen LogP contribution is -2.42. The van der Waals surface area contributed by atoms with Gasteiger partial charge in [-0.25, -0.2) is 4.79 Å². The number of nitrogens with zero attached hydrogens (tertiary/aromatic N) is 1. The van der Waals surface area contributed by atoms with Crippen LogP contribution in [0.3, 0.4) is 0 Å². The second-order valence-electron chi connectivity index (χ2n) is 4.60. The molecule has 0 rings (SSSR count). The molecule has 0 aromatic rings. The first-order chi connectivity index (χ1) is 8.88. The van der Waals surface area contributed by atoms with Crippen LogP contribution in [-0.2, 0) is 9.53 Å². The smallest absolute Gasteiger partial charge is 0.317 e. The number of carbonyl (C=O) groups excluding carboxylic acids is 1. The van der Waals surface area contributed by atoms with E-state index in [2.05, 4.69) is 5.32 Å². The highest BCUT2D eigenvalue weighted by molar-refractivity contribution is 5.73. The van der Waals surface area contributed by atoms with E-state index in [0.717, 1.165) is 0 Å². The Morgan fingerprint density at radius 3 is 2.58 bits per heavy atom. The molecule has 7 nitrogen and oxygen atoms in total. The molecule has 7 heteroatoms. The number of urea groups is 1. The second kappa shape index (κ2) is 9.57. The topological polar surface area (TPSA) is 99.1 Å². The van der Waals surface area contributed by atoms with E-state index in [1.165, 1.54) is 12.0 Å². The Morgan fingerprint density at radius 1 is 1.42 bits per heavy atom. The van der Waals surface area contributed by atoms with E-state index in [1.807, 2.05) is 0 Å². The number of rotatable bonds is 9. The maximum atomic E-state index is 11.6. The third-order valence-corrected chi connectivity index (χ3v) is 2.70. The van der Waals surface area contributed by atoms with Crippen LogP contribution in [0.4, 0.5) is 4.79 Å². The zero-order valence-electron chi connectivity index (χ0n) is 11.8. The van der Waals surface area contributed by atoms with Gasteiger partial charge in [-0.2, -0.15) is 0 Å². The summed E-state index contributed by atoms with van der Waals surface area (Å²) in [6.45, 7) is 2.41. The highest BCUT2D eigenvalue weighted by atomic mass is 16.5. The first kappa shape index (κ1) is 17.7. The summed E-state index contributed by atoms with van der Waals surface area (Å²) in [4.78, 5) is 23.6. The van der Waals surface area contributed by atoms with E-state index >= 15 is 0 Å². The molecule has 0 aromatic carbocycles. The van der Waals surface area contributed by atoms with Crippen LogP contribution < -0.4 is 5.32 Å². The lowest BCUT2D eigenvalue weighted by molar-refractivity contribution is -0.141. The predicted molar refractivity (Wildman–Crippen MR) is 69.9 cm³/mol. The van der Waals surface area contributed by atoms with Gasteiger partial charge in [-0.1, -0.05) is 6.92 Å². The maximum Gasteiger partial charge on any atom is 0.317 e. The van der Waals surface area contributed by atoms with Gasteiger partial charge in [-0.15, -0.1) is 0 Å². The highest BCUT2D eigenvalue weighted by Gasteiger charge is 2.14. The molecular formula is C12H24N2O5. The van der Waals surface area contributed by atoms with Gasteiger partial charge in [0.15, 0.2) is 0 Å². The van der Waals surface area contributed by atoms with Gasteiger partial charge < -0.3 is 25.2 Å². The number of aliphatic hydroxyl groups is 1. The SMILES string of the molecule is COCC(O)CN(C)C(=O)NCCCC(C)C(=O)O. The molecule has 0 aliphatic heterocycles. The minimum atomic E-state index is -0.828. The third kappa shape index (κ3) is 8.39. The molecule has 0 aliphatic rings. The van der Waals surface area contributed by atoms with E-state index in [0.29, 0.717) is 19.4 Å². The van der Waals surface area contributed by atoms with Crippen molar-refractivity contribution in [1.82, 2.24) is 10.2 Å². The van der Waals surface area contributed by atoms with Crippen LogP contribution in [0.25, 0.3) is 0 Å². The summed E-state index contributed by atoms with van der Waals surface area (Å²) in [5, 5.41) is 20.8. The summed E-state index contributed by atoms with van der Waals surface area (Å²) < 4.78 is 4.77. The largest absolute Gasteiger partial charge is 0.481 e. The van der Waals surface area contributed by atoms with Gasteiger partial charge in [0.1, 0.15) is 0 Å². The Balaban J connectivity index is 3.76. The van der Waals surface area contributed by atoms with Gasteiger partial charge in [0, 0.05) is 20.7 Å². The molecule has 2 amide bonds. The average molecular weight is 276 g/mol. The average Bonchev–Trinajstić information content (AvgIpc) is 2.33. The molecule has 0 radical (unpaired) electrons. The Kier molecular flexibility index (Phi) is 8.90. The van der Waals surface area contributed by atoms with Gasteiger partial charge in [0.2, 0.25) is 0 Å². The lowest BCUT2D eigenvalue weighted by Gasteiger charge is -2.21. The van der Waals surface area contributed by atoms with Gasteiger partial charge in [-0.3, -0.25) is 4.79 Å². The summed E-state index contributed by atoms with van der Waals surface area (Å²) in [6.07, 6.45) is 0.409. The minimum absolute atomic E-state index is 0.174. The molecule has 0 heterocycles. The number of likely N-dealkylation sites (N-methyl/N-ethyl adjacent to an activating group) is 1. The van der Waals surface area contributed by atoms with Crippen molar-refractivity contribution in [2.75, 3.05) is 33.9 Å². The van der Waals surface area contributed by atoms with Crippen LogP contribution in [-0.4, -0.2) is 67.1 Å². The highest BCUT2D eigenvalue weighted by Crippen LogP contribution is 2.04. The fraction of sp³-hybridized carbons (Fsp3) is 0.833. The Labute approximate surface area is 113 Å². The molecule has 0 fully saturated rings. The molecule has 0 spiro atoms. The molecule has 112 valence electrons. The summed E-state index contributed by atoms with van der Waals surface area (Å²) in [6, 6.07) is -0.293. The summed E-state index contributed by atoms with van der Waals surface area (Å²) in [7, 11) is 3.06. The number of hydrogen-bond donors (Lipinski definition) is 3. The Morgan fingerprint density at radius 2 is 2.05 bits per heavy atom. The van der Waals surface area contributed by atoms with E-state index in [4.69, 9.17) is 9.84 Å². The number of methoxy groups -OCH3 is 1. The van der Waals surface area contributed by atoms with E-state index in [9.17, 15) is 14.7 Å². The van der Waals surface area contributed by atoms with E-state index < -0.39 is 18.0 Å². The molecule has 2 unspecified atom stereocenters. The van der Waals surface area contributed by atoms with E-state index in [1.54, 1.807) is 14.0 Å². The summed E-state index contributed by atoms with van der Waals surface area (Å²) in [5.74, 6) is -1.23. The van der Waals surface area contributed by atoms with Crippen LogP contribution in [0.2, 0.25) is 0 Å². The molecule has 0 aromatic heterocycles. The number of carbonyl (C=O) groups is 2. The normalized spacial score (nSPS) is 13.7. The number of carboxylic acid groups (broad SMARTS) is 1. The quantitative estimate of drug-likeness (QED) is 0.520. The zero-order valence-corrected chi connectivity index (χ0v) is 11.8. The fourth-order valence-corrected chi connectivity index (χ4v) is 1.51. The van der Waals surface area contributed by atoms with Gasteiger partial charge >= 0.3 is 12.0 Å². The standard InChI is InChI=1S/C12H24N2O5/c1-9(11(16)17)5-4-6-13-12(18)14(2)7-10(15)8-19-3/h9-10,15H,4-8H2,1-3H3,(H,13,18)(H,16,17). The molecule has 0 aliphatic carbocycles.